The van der Waals surface area contributed by atoms with Crippen LogP contribution < -0.4 is 15.4 Å². The summed E-state index contributed by atoms with van der Waals surface area (Å²) in [6.45, 7) is 0.210. The number of aromatic nitrogens is 1. The first-order chi connectivity index (χ1) is 13.8. The van der Waals surface area contributed by atoms with Crippen LogP contribution in [0, 0.1) is 0 Å². The Kier molecular flexibility index (Phi) is 6.23. The first kappa shape index (κ1) is 20.5. The zero-order valence-corrected chi connectivity index (χ0v) is 15.6. The molecule has 0 fully saturated rings. The molecular weight excluding hydrogens is 407 g/mol. The van der Waals surface area contributed by atoms with E-state index in [-0.39, 0.29) is 18.1 Å². The first-order valence-corrected chi connectivity index (χ1v) is 8.76. The zero-order chi connectivity index (χ0) is 20.9. The van der Waals surface area contributed by atoms with Gasteiger partial charge < -0.3 is 10.1 Å². The Balaban J connectivity index is 1.63. The van der Waals surface area contributed by atoms with E-state index < -0.39 is 17.8 Å². The summed E-state index contributed by atoms with van der Waals surface area (Å²) in [5.41, 5.74) is 0.235. The maximum Gasteiger partial charge on any atom is 0.416 e. The summed E-state index contributed by atoms with van der Waals surface area (Å²) in [5.74, 6) is 0.494. The summed E-state index contributed by atoms with van der Waals surface area (Å²) in [6, 6.07) is 13.8. The molecule has 0 aliphatic rings. The van der Waals surface area contributed by atoms with Gasteiger partial charge in [-0.05, 0) is 54.1 Å². The molecule has 2 aromatic carbocycles. The van der Waals surface area contributed by atoms with Crippen molar-refractivity contribution in [1.29, 1.82) is 0 Å². The van der Waals surface area contributed by atoms with E-state index in [1.807, 2.05) is 6.07 Å². The number of pyridine rings is 1. The molecule has 0 unspecified atom stereocenters. The molecule has 2 amide bonds. The van der Waals surface area contributed by atoms with Gasteiger partial charge >= 0.3 is 12.2 Å². The third-order valence-electron chi connectivity index (χ3n) is 3.76. The molecule has 150 valence electrons. The van der Waals surface area contributed by atoms with Gasteiger partial charge in [0.2, 0.25) is 0 Å². The van der Waals surface area contributed by atoms with E-state index in [0.717, 1.165) is 29.8 Å². The molecule has 0 saturated heterocycles. The molecule has 0 bridgehead atoms. The maximum atomic E-state index is 12.6. The van der Waals surface area contributed by atoms with Gasteiger partial charge in [0.25, 0.3) is 0 Å². The number of carbonyl (C=O) groups is 1. The van der Waals surface area contributed by atoms with Gasteiger partial charge in [-0.1, -0.05) is 23.7 Å². The summed E-state index contributed by atoms with van der Waals surface area (Å²) in [6.07, 6.45) is -2.97. The SMILES string of the molecule is O=C(Nc1ccc(C(F)(F)F)cc1)Nc1ncccc1OCc1cccc(Cl)c1. The van der Waals surface area contributed by atoms with Crippen molar-refractivity contribution in [2.45, 2.75) is 12.8 Å². The van der Waals surface area contributed by atoms with Crippen molar-refractivity contribution in [3.05, 3.63) is 83.0 Å². The lowest BCUT2D eigenvalue weighted by atomic mass is 10.2. The Bertz CT molecular complexity index is 995. The highest BCUT2D eigenvalue weighted by Crippen LogP contribution is 2.30. The molecule has 2 N–H and O–H groups in total. The number of hydrogen-bond acceptors (Lipinski definition) is 3. The normalized spacial score (nSPS) is 11.0. The second-order valence-electron chi connectivity index (χ2n) is 5.92. The Morgan fingerprint density at radius 1 is 1.03 bits per heavy atom. The van der Waals surface area contributed by atoms with E-state index >= 15 is 0 Å². The lowest BCUT2D eigenvalue weighted by molar-refractivity contribution is -0.137. The molecule has 1 aromatic heterocycles. The molecule has 3 rings (SSSR count). The number of nitrogens with one attached hydrogen (secondary N) is 2. The minimum atomic E-state index is -4.44. The smallest absolute Gasteiger partial charge is 0.416 e. The fraction of sp³-hybridized carbons (Fsp3) is 0.100. The van der Waals surface area contributed by atoms with E-state index in [1.54, 1.807) is 30.3 Å². The Hall–Kier alpha value is -3.26. The van der Waals surface area contributed by atoms with Crippen LogP contribution in [0.25, 0.3) is 0 Å². The van der Waals surface area contributed by atoms with Crippen molar-refractivity contribution in [2.24, 2.45) is 0 Å². The standard InChI is InChI=1S/C20H15ClF3N3O2/c21-15-4-1-3-13(11-15)12-29-17-5-2-10-25-18(17)27-19(28)26-16-8-6-14(7-9-16)20(22,23)24/h1-11H,12H2,(H2,25,26,27,28). The molecule has 0 atom stereocenters. The van der Waals surface area contributed by atoms with Gasteiger partial charge in [-0.3, -0.25) is 5.32 Å². The highest BCUT2D eigenvalue weighted by Gasteiger charge is 2.30. The number of anilines is 2. The van der Waals surface area contributed by atoms with Gasteiger partial charge in [-0.15, -0.1) is 0 Å². The summed E-state index contributed by atoms with van der Waals surface area (Å²) in [5, 5.41) is 5.54. The second-order valence-corrected chi connectivity index (χ2v) is 6.36. The van der Waals surface area contributed by atoms with Gasteiger partial charge in [0, 0.05) is 16.9 Å². The molecular formula is C20H15ClF3N3O2. The lowest BCUT2D eigenvalue weighted by Crippen LogP contribution is -2.20. The molecule has 0 aliphatic carbocycles. The van der Waals surface area contributed by atoms with E-state index in [2.05, 4.69) is 15.6 Å². The third kappa shape index (κ3) is 5.86. The summed E-state index contributed by atoms with van der Waals surface area (Å²) in [4.78, 5) is 16.2. The molecule has 9 heteroatoms. The molecule has 0 aliphatic heterocycles. The molecule has 1 heterocycles. The Morgan fingerprint density at radius 2 is 1.79 bits per heavy atom. The van der Waals surface area contributed by atoms with Crippen LogP contribution in [0.1, 0.15) is 11.1 Å². The van der Waals surface area contributed by atoms with Crippen molar-refractivity contribution in [3.8, 4) is 5.75 Å². The van der Waals surface area contributed by atoms with E-state index in [9.17, 15) is 18.0 Å². The van der Waals surface area contributed by atoms with Crippen LogP contribution in [0.4, 0.5) is 29.5 Å². The van der Waals surface area contributed by atoms with Crippen LogP contribution in [-0.2, 0) is 12.8 Å². The maximum absolute atomic E-state index is 12.6. The topological polar surface area (TPSA) is 63.2 Å². The average molecular weight is 422 g/mol. The van der Waals surface area contributed by atoms with Crippen LogP contribution in [0.3, 0.4) is 0 Å². The van der Waals surface area contributed by atoms with Crippen LogP contribution >= 0.6 is 11.6 Å². The predicted octanol–water partition coefficient (Wildman–Crippen LogP) is 5.98. The third-order valence-corrected chi connectivity index (χ3v) is 3.99. The number of urea groups is 1. The van der Waals surface area contributed by atoms with Crippen LogP contribution in [0.2, 0.25) is 5.02 Å². The molecule has 3 aromatic rings. The molecule has 0 saturated carbocycles. The number of alkyl halides is 3. The molecule has 0 radical (unpaired) electrons. The quantitative estimate of drug-likeness (QED) is 0.533. The number of hydrogen-bond donors (Lipinski definition) is 2. The first-order valence-electron chi connectivity index (χ1n) is 8.39. The largest absolute Gasteiger partial charge is 0.485 e. The van der Waals surface area contributed by atoms with E-state index in [4.69, 9.17) is 16.3 Å². The van der Waals surface area contributed by atoms with Gasteiger partial charge in [0.1, 0.15) is 6.61 Å². The Labute approximate surface area is 169 Å². The number of halogens is 4. The van der Waals surface area contributed by atoms with Gasteiger partial charge in [-0.2, -0.15) is 13.2 Å². The molecule has 29 heavy (non-hydrogen) atoms. The highest BCUT2D eigenvalue weighted by molar-refractivity contribution is 6.30. The monoisotopic (exact) mass is 421 g/mol. The van der Waals surface area contributed by atoms with Crippen LogP contribution in [0.5, 0.6) is 5.75 Å². The van der Waals surface area contributed by atoms with Crippen molar-refractivity contribution in [1.82, 2.24) is 4.98 Å². The van der Waals surface area contributed by atoms with Gasteiger partial charge in [0.05, 0.1) is 5.56 Å². The minimum absolute atomic E-state index is 0.166. The summed E-state index contributed by atoms with van der Waals surface area (Å²) < 4.78 is 43.5. The van der Waals surface area contributed by atoms with Crippen molar-refractivity contribution >= 4 is 29.1 Å². The van der Waals surface area contributed by atoms with Crippen LogP contribution in [0.15, 0.2) is 66.9 Å². The fourth-order valence-electron chi connectivity index (χ4n) is 2.40. The molecule has 0 spiro atoms. The van der Waals surface area contributed by atoms with Crippen molar-refractivity contribution in [3.63, 3.8) is 0 Å². The zero-order valence-electron chi connectivity index (χ0n) is 14.8. The van der Waals surface area contributed by atoms with E-state index in [1.165, 1.54) is 6.20 Å². The van der Waals surface area contributed by atoms with Crippen molar-refractivity contribution in [2.75, 3.05) is 10.6 Å². The summed E-state index contributed by atoms with van der Waals surface area (Å²) in [7, 11) is 0. The van der Waals surface area contributed by atoms with Gasteiger partial charge in [0.15, 0.2) is 11.6 Å². The number of rotatable bonds is 5. The Morgan fingerprint density at radius 3 is 2.48 bits per heavy atom. The predicted molar refractivity (Wildman–Crippen MR) is 104 cm³/mol. The number of nitrogens with zero attached hydrogens (tertiary/aromatic N) is 1. The number of carbonyl (C=O) groups excluding carboxylic acids is 1. The number of amides is 2. The second kappa shape index (κ2) is 8.83. The van der Waals surface area contributed by atoms with Gasteiger partial charge in [-0.25, -0.2) is 9.78 Å². The lowest BCUT2D eigenvalue weighted by Gasteiger charge is -2.13. The van der Waals surface area contributed by atoms with E-state index in [0.29, 0.717) is 10.8 Å². The number of benzene rings is 2. The molecule has 5 nitrogen and oxygen atoms in total. The summed E-state index contributed by atoms with van der Waals surface area (Å²) >= 11 is 5.94. The highest BCUT2D eigenvalue weighted by atomic mass is 35.5. The van der Waals surface area contributed by atoms with Crippen LogP contribution in [-0.4, -0.2) is 11.0 Å². The average Bonchev–Trinajstić information content (AvgIpc) is 2.67. The fourth-order valence-corrected chi connectivity index (χ4v) is 2.61. The number of ether oxygens (including phenoxy) is 1. The van der Waals surface area contributed by atoms with Crippen molar-refractivity contribution < 1.29 is 22.7 Å². The minimum Gasteiger partial charge on any atom is -0.485 e.